The highest BCUT2D eigenvalue weighted by atomic mass is 32.2. The van der Waals surface area contributed by atoms with Gasteiger partial charge in [0, 0.05) is 29.9 Å². The van der Waals surface area contributed by atoms with Crippen molar-refractivity contribution < 1.29 is 17.6 Å². The van der Waals surface area contributed by atoms with Gasteiger partial charge >= 0.3 is 0 Å². The molecule has 0 aliphatic heterocycles. The summed E-state index contributed by atoms with van der Waals surface area (Å²) in [5.74, 6) is 0.292. The Kier molecular flexibility index (Phi) is 5.40. The van der Waals surface area contributed by atoms with Gasteiger partial charge in [-0.25, -0.2) is 17.5 Å². The fourth-order valence-corrected chi connectivity index (χ4v) is 5.34. The van der Waals surface area contributed by atoms with Crippen molar-refractivity contribution >= 4 is 21.3 Å². The molecule has 0 bridgehead atoms. The molecule has 0 saturated heterocycles. The van der Waals surface area contributed by atoms with Crippen LogP contribution in [-0.4, -0.2) is 30.4 Å². The first kappa shape index (κ1) is 21.6. The van der Waals surface area contributed by atoms with Crippen LogP contribution in [0.15, 0.2) is 60.8 Å². The Morgan fingerprint density at radius 3 is 2.70 bits per heavy atom. The number of rotatable bonds is 6. The van der Waals surface area contributed by atoms with Gasteiger partial charge in [-0.05, 0) is 54.2 Å². The molecule has 33 heavy (non-hydrogen) atoms. The Morgan fingerprint density at radius 2 is 1.94 bits per heavy atom. The van der Waals surface area contributed by atoms with Gasteiger partial charge in [0.1, 0.15) is 5.82 Å². The van der Waals surface area contributed by atoms with Crippen LogP contribution in [0.3, 0.4) is 0 Å². The van der Waals surface area contributed by atoms with Crippen LogP contribution in [0.2, 0.25) is 0 Å². The third kappa shape index (κ3) is 4.61. The Bertz CT molecular complexity index is 1360. The molecule has 2 atom stereocenters. The lowest BCUT2D eigenvalue weighted by atomic mass is 10.0. The summed E-state index contributed by atoms with van der Waals surface area (Å²) < 4.78 is 38.4. The highest BCUT2D eigenvalue weighted by molar-refractivity contribution is 7.89. The standard InChI is InChI=1S/C25H24FN3O3S/c1-33(31,32)15-17-4-2-3-16(11-17)13-27-25(30)21-10-5-18-12-22(18)24-23(21)14-28-29(24)20-8-6-19(26)7-9-20/h2-4,6-11,14,18,22H,5,12-13,15H2,1H3,(H,27,30). The molecule has 170 valence electrons. The molecule has 8 heteroatoms. The summed E-state index contributed by atoms with van der Waals surface area (Å²) in [7, 11) is -3.13. The molecule has 2 unspecified atom stereocenters. The third-order valence-corrected chi connectivity index (χ3v) is 7.04. The number of hydrogen-bond donors (Lipinski definition) is 1. The fourth-order valence-electron chi connectivity index (χ4n) is 4.56. The average molecular weight is 466 g/mol. The highest BCUT2D eigenvalue weighted by Gasteiger charge is 2.44. The second-order valence-electron chi connectivity index (χ2n) is 8.86. The van der Waals surface area contributed by atoms with Crippen LogP contribution in [0.5, 0.6) is 0 Å². The summed E-state index contributed by atoms with van der Waals surface area (Å²) in [4.78, 5) is 13.2. The molecule has 3 aromatic rings. The summed E-state index contributed by atoms with van der Waals surface area (Å²) in [6.07, 6.45) is 6.79. The molecule has 5 rings (SSSR count). The number of amides is 1. The van der Waals surface area contributed by atoms with Crippen LogP contribution in [0.4, 0.5) is 4.39 Å². The van der Waals surface area contributed by atoms with E-state index in [0.29, 0.717) is 29.5 Å². The second-order valence-corrected chi connectivity index (χ2v) is 11.0. The first-order chi connectivity index (χ1) is 15.8. The molecule has 1 amide bonds. The number of sulfone groups is 1. The average Bonchev–Trinajstić information content (AvgIpc) is 3.43. The van der Waals surface area contributed by atoms with Gasteiger partial charge in [-0.2, -0.15) is 5.10 Å². The number of aromatic nitrogens is 2. The zero-order valence-electron chi connectivity index (χ0n) is 18.2. The van der Waals surface area contributed by atoms with E-state index in [1.807, 2.05) is 16.8 Å². The lowest BCUT2D eigenvalue weighted by molar-refractivity contribution is -0.115. The Hall–Kier alpha value is -3.26. The summed E-state index contributed by atoms with van der Waals surface area (Å²) in [5.41, 5.74) is 4.71. The van der Waals surface area contributed by atoms with Crippen LogP contribution in [0, 0.1) is 11.7 Å². The van der Waals surface area contributed by atoms with Crippen molar-refractivity contribution in [1.82, 2.24) is 15.1 Å². The van der Waals surface area contributed by atoms with E-state index in [-0.39, 0.29) is 17.5 Å². The van der Waals surface area contributed by atoms with Crippen LogP contribution in [-0.2, 0) is 26.9 Å². The molecular weight excluding hydrogens is 441 g/mol. The van der Waals surface area contributed by atoms with E-state index in [1.165, 1.54) is 18.4 Å². The number of carbonyl (C=O) groups excluding carboxylic acids is 1. The number of allylic oxidation sites excluding steroid dienone is 1. The maximum atomic E-state index is 13.4. The van der Waals surface area contributed by atoms with Gasteiger partial charge in [0.2, 0.25) is 0 Å². The van der Waals surface area contributed by atoms with Gasteiger partial charge in [-0.1, -0.05) is 30.3 Å². The molecule has 2 aliphatic rings. The zero-order chi connectivity index (χ0) is 23.2. The number of halogens is 1. The largest absolute Gasteiger partial charge is 0.348 e. The molecule has 1 aromatic heterocycles. The normalized spacial score (nSPS) is 19.2. The van der Waals surface area contributed by atoms with E-state index < -0.39 is 9.84 Å². The monoisotopic (exact) mass is 465 g/mol. The quantitative estimate of drug-likeness (QED) is 0.601. The van der Waals surface area contributed by atoms with Crippen molar-refractivity contribution in [1.29, 1.82) is 0 Å². The van der Waals surface area contributed by atoms with Crippen molar-refractivity contribution in [3.8, 4) is 5.69 Å². The zero-order valence-corrected chi connectivity index (χ0v) is 19.0. The summed E-state index contributed by atoms with van der Waals surface area (Å²) in [6, 6.07) is 13.4. The highest BCUT2D eigenvalue weighted by Crippen LogP contribution is 2.54. The van der Waals surface area contributed by atoms with E-state index in [2.05, 4.69) is 10.4 Å². The van der Waals surface area contributed by atoms with Crippen LogP contribution >= 0.6 is 0 Å². The topological polar surface area (TPSA) is 81.1 Å². The lowest BCUT2D eigenvalue weighted by Gasteiger charge is -2.12. The predicted molar refractivity (Wildman–Crippen MR) is 124 cm³/mol. The maximum Gasteiger partial charge on any atom is 0.251 e. The van der Waals surface area contributed by atoms with Crippen LogP contribution in [0.1, 0.15) is 41.1 Å². The van der Waals surface area contributed by atoms with Gasteiger partial charge in [-0.15, -0.1) is 0 Å². The van der Waals surface area contributed by atoms with Gasteiger partial charge in [0.25, 0.3) is 5.91 Å². The molecule has 2 aliphatic carbocycles. The molecule has 1 N–H and O–H groups in total. The third-order valence-electron chi connectivity index (χ3n) is 6.18. The Labute approximate surface area is 192 Å². The summed E-state index contributed by atoms with van der Waals surface area (Å²) in [6.45, 7) is 0.294. The number of nitrogens with zero attached hydrogens (tertiary/aromatic N) is 2. The smallest absolute Gasteiger partial charge is 0.251 e. The van der Waals surface area contributed by atoms with E-state index >= 15 is 0 Å². The number of carbonyl (C=O) groups is 1. The van der Waals surface area contributed by atoms with Gasteiger partial charge in [0.15, 0.2) is 9.84 Å². The van der Waals surface area contributed by atoms with Gasteiger partial charge < -0.3 is 5.32 Å². The van der Waals surface area contributed by atoms with Gasteiger partial charge in [-0.3, -0.25) is 4.79 Å². The molecule has 1 fully saturated rings. The number of nitrogens with one attached hydrogen (secondary N) is 1. The van der Waals surface area contributed by atoms with E-state index in [4.69, 9.17) is 0 Å². The number of fused-ring (bicyclic) bond motifs is 3. The van der Waals surface area contributed by atoms with Crippen molar-refractivity contribution in [2.24, 2.45) is 5.92 Å². The summed E-state index contributed by atoms with van der Waals surface area (Å²) in [5, 5.41) is 7.50. The van der Waals surface area contributed by atoms with Crippen LogP contribution < -0.4 is 5.32 Å². The van der Waals surface area contributed by atoms with Crippen molar-refractivity contribution in [3.05, 3.63) is 89.0 Å². The minimum absolute atomic E-state index is 0.0331. The number of benzene rings is 2. The van der Waals surface area contributed by atoms with Crippen molar-refractivity contribution in [2.45, 2.75) is 31.1 Å². The van der Waals surface area contributed by atoms with Crippen molar-refractivity contribution in [3.63, 3.8) is 0 Å². The molecular formula is C25H24FN3O3S. The molecule has 0 spiro atoms. The minimum atomic E-state index is -3.13. The predicted octanol–water partition coefficient (Wildman–Crippen LogP) is 3.76. The minimum Gasteiger partial charge on any atom is -0.348 e. The molecule has 6 nitrogen and oxygen atoms in total. The van der Waals surface area contributed by atoms with Crippen LogP contribution in [0.25, 0.3) is 11.3 Å². The van der Waals surface area contributed by atoms with E-state index in [9.17, 15) is 17.6 Å². The van der Waals surface area contributed by atoms with E-state index in [1.54, 1.807) is 36.5 Å². The Morgan fingerprint density at radius 1 is 1.18 bits per heavy atom. The van der Waals surface area contributed by atoms with Crippen molar-refractivity contribution in [2.75, 3.05) is 6.26 Å². The Balaban J connectivity index is 1.37. The fraction of sp³-hybridized carbons (Fsp3) is 0.280. The van der Waals surface area contributed by atoms with E-state index in [0.717, 1.165) is 35.3 Å². The summed E-state index contributed by atoms with van der Waals surface area (Å²) >= 11 is 0. The lowest BCUT2D eigenvalue weighted by Crippen LogP contribution is -2.24. The second kappa shape index (κ2) is 8.26. The van der Waals surface area contributed by atoms with Gasteiger partial charge in [0.05, 0.1) is 23.3 Å². The number of hydrogen-bond acceptors (Lipinski definition) is 4. The SMILES string of the molecule is CS(=O)(=O)Cc1cccc(CNC(=O)C2=CCC3CC3c3c2cnn3-c2ccc(F)cc2)c1. The molecule has 0 radical (unpaired) electrons. The molecule has 1 saturated carbocycles. The molecule has 1 heterocycles. The molecule has 2 aromatic carbocycles. The first-order valence-corrected chi connectivity index (χ1v) is 12.9. The first-order valence-electron chi connectivity index (χ1n) is 10.9. The maximum absolute atomic E-state index is 13.4.